The molecule has 1 atom stereocenters. The number of pyridine rings is 1. The first-order valence-corrected chi connectivity index (χ1v) is 11.6. The summed E-state index contributed by atoms with van der Waals surface area (Å²) in [6.45, 7) is 9.47. The van der Waals surface area contributed by atoms with E-state index >= 15 is 0 Å². The number of amides is 2. The molecular formula is C23H35N5O2. The van der Waals surface area contributed by atoms with Crippen LogP contribution in [0.5, 0.6) is 0 Å². The first-order valence-electron chi connectivity index (χ1n) is 11.6. The molecule has 3 aliphatic heterocycles. The molecule has 0 spiro atoms. The maximum atomic E-state index is 13.1. The highest BCUT2D eigenvalue weighted by molar-refractivity contribution is 5.87. The molecule has 4 rings (SSSR count). The van der Waals surface area contributed by atoms with Crippen molar-refractivity contribution < 1.29 is 9.59 Å². The highest BCUT2D eigenvalue weighted by atomic mass is 16.2. The number of nitrogens with zero attached hydrogens (tertiary/aromatic N) is 5. The van der Waals surface area contributed by atoms with Crippen molar-refractivity contribution in [2.75, 3.05) is 52.4 Å². The van der Waals surface area contributed by atoms with Gasteiger partial charge in [0.05, 0.1) is 12.5 Å². The Bertz CT molecular complexity index is 720. The molecule has 1 aromatic heterocycles. The molecule has 3 fully saturated rings. The standard InChI is InChI=1S/C23H35N5O2/c1-2-26-13-14-28(18-22(26)29)23(30)20-6-4-10-27(17-20)21-7-11-25(12-8-21)16-19-5-3-9-24-15-19/h3,5,9,15,20-21H,2,4,6-8,10-14,16-18H2,1H3/t20-/m0/s1. The van der Waals surface area contributed by atoms with E-state index in [2.05, 4.69) is 20.9 Å². The van der Waals surface area contributed by atoms with Crippen LogP contribution < -0.4 is 0 Å². The van der Waals surface area contributed by atoms with Gasteiger partial charge >= 0.3 is 0 Å². The van der Waals surface area contributed by atoms with Crippen LogP contribution in [0, 0.1) is 5.92 Å². The topological polar surface area (TPSA) is 60.0 Å². The van der Waals surface area contributed by atoms with Crippen LogP contribution in [0.2, 0.25) is 0 Å². The fraction of sp³-hybridized carbons (Fsp3) is 0.696. The van der Waals surface area contributed by atoms with Crippen molar-refractivity contribution in [3.8, 4) is 0 Å². The van der Waals surface area contributed by atoms with Crippen LogP contribution >= 0.6 is 0 Å². The third-order valence-electron chi connectivity index (χ3n) is 7.02. The Morgan fingerprint density at radius 1 is 1.13 bits per heavy atom. The van der Waals surface area contributed by atoms with Gasteiger partial charge in [0.2, 0.25) is 11.8 Å². The van der Waals surface area contributed by atoms with Gasteiger partial charge in [0.1, 0.15) is 0 Å². The number of rotatable bonds is 5. The van der Waals surface area contributed by atoms with Gasteiger partial charge in [-0.2, -0.15) is 0 Å². The fourth-order valence-corrected chi connectivity index (χ4v) is 5.22. The zero-order valence-electron chi connectivity index (χ0n) is 18.2. The molecule has 0 aliphatic carbocycles. The van der Waals surface area contributed by atoms with Crippen LogP contribution in [-0.2, 0) is 16.1 Å². The molecule has 0 saturated carbocycles. The molecule has 4 heterocycles. The van der Waals surface area contributed by atoms with E-state index in [0.717, 1.165) is 65.0 Å². The average Bonchev–Trinajstić information content (AvgIpc) is 2.80. The van der Waals surface area contributed by atoms with Crippen LogP contribution in [0.3, 0.4) is 0 Å². The second-order valence-electron chi connectivity index (χ2n) is 8.94. The Labute approximate surface area is 180 Å². The zero-order valence-corrected chi connectivity index (χ0v) is 18.2. The lowest BCUT2D eigenvalue weighted by Gasteiger charge is -2.43. The van der Waals surface area contributed by atoms with Crippen molar-refractivity contribution in [1.29, 1.82) is 0 Å². The van der Waals surface area contributed by atoms with Gasteiger partial charge in [-0.1, -0.05) is 6.07 Å². The molecule has 7 nitrogen and oxygen atoms in total. The summed E-state index contributed by atoms with van der Waals surface area (Å²) in [7, 11) is 0. The monoisotopic (exact) mass is 413 g/mol. The Morgan fingerprint density at radius 2 is 1.97 bits per heavy atom. The molecule has 2 amide bonds. The molecule has 30 heavy (non-hydrogen) atoms. The van der Waals surface area contributed by atoms with E-state index in [1.807, 2.05) is 30.3 Å². The number of aromatic nitrogens is 1. The van der Waals surface area contributed by atoms with Crippen LogP contribution in [0.25, 0.3) is 0 Å². The summed E-state index contributed by atoms with van der Waals surface area (Å²) >= 11 is 0. The van der Waals surface area contributed by atoms with Gasteiger partial charge < -0.3 is 9.80 Å². The second-order valence-corrected chi connectivity index (χ2v) is 8.94. The number of hydrogen-bond acceptors (Lipinski definition) is 5. The summed E-state index contributed by atoms with van der Waals surface area (Å²) < 4.78 is 0. The number of hydrogen-bond donors (Lipinski definition) is 0. The summed E-state index contributed by atoms with van der Waals surface area (Å²) in [5, 5.41) is 0. The number of likely N-dealkylation sites (tertiary alicyclic amines) is 2. The number of likely N-dealkylation sites (N-methyl/N-ethyl adjacent to an activating group) is 1. The molecule has 0 N–H and O–H groups in total. The van der Waals surface area contributed by atoms with Gasteiger partial charge in [0.25, 0.3) is 0 Å². The first kappa shape index (κ1) is 21.2. The molecule has 0 unspecified atom stereocenters. The molecule has 0 aromatic carbocycles. The lowest BCUT2D eigenvalue weighted by molar-refractivity contribution is -0.148. The van der Waals surface area contributed by atoms with E-state index in [-0.39, 0.29) is 24.3 Å². The third-order valence-corrected chi connectivity index (χ3v) is 7.02. The molecule has 0 bridgehead atoms. The van der Waals surface area contributed by atoms with E-state index in [1.165, 1.54) is 5.56 Å². The van der Waals surface area contributed by atoms with E-state index in [9.17, 15) is 9.59 Å². The van der Waals surface area contributed by atoms with E-state index in [4.69, 9.17) is 0 Å². The molecule has 3 aliphatic rings. The smallest absolute Gasteiger partial charge is 0.242 e. The summed E-state index contributed by atoms with van der Waals surface area (Å²) in [6, 6.07) is 4.72. The number of piperidine rings is 2. The fourth-order valence-electron chi connectivity index (χ4n) is 5.22. The minimum Gasteiger partial charge on any atom is -0.340 e. The predicted molar refractivity (Wildman–Crippen MR) is 116 cm³/mol. The number of piperazine rings is 1. The minimum atomic E-state index is 0.0492. The normalized spacial score (nSPS) is 25.0. The van der Waals surface area contributed by atoms with Crippen LogP contribution in [-0.4, -0.2) is 94.8 Å². The van der Waals surface area contributed by atoms with Gasteiger partial charge in [0.15, 0.2) is 0 Å². The van der Waals surface area contributed by atoms with E-state index in [1.54, 1.807) is 4.90 Å². The van der Waals surface area contributed by atoms with Crippen molar-refractivity contribution >= 4 is 11.8 Å². The number of carbonyl (C=O) groups is 2. The van der Waals surface area contributed by atoms with Crippen molar-refractivity contribution in [3.63, 3.8) is 0 Å². The average molecular weight is 414 g/mol. The van der Waals surface area contributed by atoms with E-state index in [0.29, 0.717) is 19.1 Å². The SMILES string of the molecule is CCN1CCN(C(=O)[C@H]2CCCN(C3CCN(Cc4cccnc4)CC3)C2)CC1=O. The Morgan fingerprint density at radius 3 is 2.67 bits per heavy atom. The van der Waals surface area contributed by atoms with Crippen molar-refractivity contribution in [3.05, 3.63) is 30.1 Å². The maximum absolute atomic E-state index is 13.1. The highest BCUT2D eigenvalue weighted by Crippen LogP contribution is 2.26. The molecule has 7 heteroatoms. The van der Waals surface area contributed by atoms with E-state index < -0.39 is 0 Å². The first-order chi connectivity index (χ1) is 14.6. The second kappa shape index (κ2) is 9.88. The highest BCUT2D eigenvalue weighted by Gasteiger charge is 2.35. The molecule has 164 valence electrons. The van der Waals surface area contributed by atoms with Crippen LogP contribution in [0.1, 0.15) is 38.2 Å². The molecule has 1 aromatic rings. The largest absolute Gasteiger partial charge is 0.340 e. The van der Waals surface area contributed by atoms with Gasteiger partial charge in [-0.25, -0.2) is 0 Å². The summed E-state index contributed by atoms with van der Waals surface area (Å²) in [5.41, 5.74) is 1.28. The third kappa shape index (κ3) is 5.01. The predicted octanol–water partition coefficient (Wildman–Crippen LogP) is 1.45. The molecular weight excluding hydrogens is 378 g/mol. The summed E-state index contributed by atoms with van der Waals surface area (Å²) in [6.07, 6.45) is 8.14. The Balaban J connectivity index is 1.26. The Kier molecular flexibility index (Phi) is 7.00. The maximum Gasteiger partial charge on any atom is 0.242 e. The van der Waals surface area contributed by atoms with Gasteiger partial charge in [0, 0.05) is 51.2 Å². The van der Waals surface area contributed by atoms with Crippen LogP contribution in [0.15, 0.2) is 24.5 Å². The van der Waals surface area contributed by atoms with Crippen molar-refractivity contribution in [2.24, 2.45) is 5.92 Å². The van der Waals surface area contributed by atoms with Gasteiger partial charge in [-0.3, -0.25) is 24.4 Å². The lowest BCUT2D eigenvalue weighted by atomic mass is 9.92. The Hall–Kier alpha value is -1.99. The summed E-state index contributed by atoms with van der Waals surface area (Å²) in [5.74, 6) is 0.330. The van der Waals surface area contributed by atoms with Crippen molar-refractivity contribution in [2.45, 2.75) is 45.2 Å². The van der Waals surface area contributed by atoms with Crippen molar-refractivity contribution in [1.82, 2.24) is 24.6 Å². The quantitative estimate of drug-likeness (QED) is 0.731. The lowest BCUT2D eigenvalue weighted by Crippen LogP contribution is -2.56. The van der Waals surface area contributed by atoms with Gasteiger partial charge in [-0.05, 0) is 63.9 Å². The number of carbonyl (C=O) groups excluding carboxylic acids is 2. The zero-order chi connectivity index (χ0) is 20.9. The minimum absolute atomic E-state index is 0.0492. The molecule has 3 saturated heterocycles. The van der Waals surface area contributed by atoms with Gasteiger partial charge in [-0.15, -0.1) is 0 Å². The summed E-state index contributed by atoms with van der Waals surface area (Å²) in [4.78, 5) is 38.2. The van der Waals surface area contributed by atoms with Crippen LogP contribution in [0.4, 0.5) is 0 Å². The molecule has 0 radical (unpaired) electrons.